The molecule has 0 saturated carbocycles. The summed E-state index contributed by atoms with van der Waals surface area (Å²) >= 11 is 3.63. The molecular formula is C12H11Br. The van der Waals surface area contributed by atoms with Gasteiger partial charge in [-0.1, -0.05) is 64.5 Å². The first-order chi connectivity index (χ1) is 6.17. The number of halogens is 1. The van der Waals surface area contributed by atoms with E-state index < -0.39 is 0 Å². The number of hydrogen-bond donors (Lipinski definition) is 0. The number of fused-ring (bicyclic) bond motifs is 1. The second-order valence-corrected chi connectivity index (χ2v) is 5.16. The van der Waals surface area contributed by atoms with E-state index in [1.54, 1.807) is 0 Å². The minimum Gasteiger partial charge on any atom is -0.0765 e. The summed E-state index contributed by atoms with van der Waals surface area (Å²) in [5, 5.41) is 0. The van der Waals surface area contributed by atoms with Gasteiger partial charge < -0.3 is 0 Å². The summed E-state index contributed by atoms with van der Waals surface area (Å²) in [5.74, 6) is 0. The summed E-state index contributed by atoms with van der Waals surface area (Å²) < 4.78 is -0.00792. The molecular weight excluding hydrogens is 224 g/mol. The Labute approximate surface area is 87.1 Å². The van der Waals surface area contributed by atoms with Crippen LogP contribution in [0.4, 0.5) is 0 Å². The van der Waals surface area contributed by atoms with Crippen molar-refractivity contribution in [3.8, 4) is 0 Å². The third-order valence-electron chi connectivity index (χ3n) is 2.17. The first-order valence-corrected chi connectivity index (χ1v) is 5.13. The molecule has 0 fully saturated rings. The van der Waals surface area contributed by atoms with Gasteiger partial charge in [0.2, 0.25) is 0 Å². The number of rotatable bonds is 0. The van der Waals surface area contributed by atoms with Crippen LogP contribution in [-0.4, -0.2) is 4.32 Å². The molecule has 1 aliphatic carbocycles. The van der Waals surface area contributed by atoms with Crippen molar-refractivity contribution in [1.29, 1.82) is 0 Å². The van der Waals surface area contributed by atoms with Crippen LogP contribution < -0.4 is 0 Å². The van der Waals surface area contributed by atoms with Gasteiger partial charge in [0.1, 0.15) is 0 Å². The molecule has 0 unspecified atom stereocenters. The van der Waals surface area contributed by atoms with Crippen molar-refractivity contribution >= 4 is 28.1 Å². The maximum atomic E-state index is 3.63. The minimum absolute atomic E-state index is 0.00792. The van der Waals surface area contributed by atoms with Crippen LogP contribution in [0, 0.1) is 0 Å². The lowest BCUT2D eigenvalue weighted by atomic mass is 10.1. The average Bonchev–Trinajstić information content (AvgIpc) is 2.27. The summed E-state index contributed by atoms with van der Waals surface area (Å²) in [4.78, 5) is 0. The fraction of sp³-hybridized carbons (Fsp3) is 0.167. The van der Waals surface area contributed by atoms with E-state index in [9.17, 15) is 0 Å². The molecule has 0 bridgehead atoms. The van der Waals surface area contributed by atoms with Gasteiger partial charge in [-0.25, -0.2) is 0 Å². The molecule has 13 heavy (non-hydrogen) atoms. The summed E-state index contributed by atoms with van der Waals surface area (Å²) in [7, 11) is 0. The van der Waals surface area contributed by atoms with Gasteiger partial charge in [-0.3, -0.25) is 0 Å². The lowest BCUT2D eigenvalue weighted by Gasteiger charge is -2.09. The smallest absolute Gasteiger partial charge is 0.0594 e. The molecule has 0 N–H and O–H groups in total. The molecule has 0 saturated heterocycles. The number of allylic oxidation sites excluding steroid dienone is 2. The van der Waals surface area contributed by atoms with Gasteiger partial charge in [-0.2, -0.15) is 0 Å². The van der Waals surface area contributed by atoms with Gasteiger partial charge in [-0.05, 0) is 18.1 Å². The van der Waals surface area contributed by atoms with Crippen LogP contribution in [-0.2, 0) is 0 Å². The van der Waals surface area contributed by atoms with Gasteiger partial charge >= 0.3 is 0 Å². The zero-order valence-electron chi connectivity index (χ0n) is 7.50. The van der Waals surface area contributed by atoms with Crippen LogP contribution >= 0.6 is 15.9 Å². The first-order valence-electron chi connectivity index (χ1n) is 4.34. The van der Waals surface area contributed by atoms with E-state index in [1.165, 1.54) is 11.1 Å². The van der Waals surface area contributed by atoms with E-state index >= 15 is 0 Å². The molecule has 0 spiro atoms. The van der Waals surface area contributed by atoms with Crippen LogP contribution in [0.25, 0.3) is 12.2 Å². The molecule has 0 nitrogen and oxygen atoms in total. The number of benzene rings is 1. The third-order valence-corrected chi connectivity index (χ3v) is 2.70. The average molecular weight is 235 g/mol. The van der Waals surface area contributed by atoms with E-state index in [0.717, 1.165) is 0 Å². The van der Waals surface area contributed by atoms with Crippen molar-refractivity contribution in [2.45, 2.75) is 11.2 Å². The molecule has 2 rings (SSSR count). The van der Waals surface area contributed by atoms with Crippen molar-refractivity contribution < 1.29 is 0 Å². The van der Waals surface area contributed by atoms with Crippen LogP contribution in [0.3, 0.4) is 0 Å². The van der Waals surface area contributed by atoms with Gasteiger partial charge in [0.15, 0.2) is 0 Å². The van der Waals surface area contributed by atoms with Crippen molar-refractivity contribution in [2.75, 3.05) is 0 Å². The van der Waals surface area contributed by atoms with Gasteiger partial charge in [-0.15, -0.1) is 0 Å². The topological polar surface area (TPSA) is 0 Å². The molecule has 0 atom stereocenters. The predicted octanol–water partition coefficient (Wildman–Crippen LogP) is 3.88. The van der Waals surface area contributed by atoms with Crippen molar-refractivity contribution in [3.63, 3.8) is 0 Å². The van der Waals surface area contributed by atoms with E-state index in [-0.39, 0.29) is 4.32 Å². The van der Waals surface area contributed by atoms with Crippen molar-refractivity contribution in [3.05, 3.63) is 47.5 Å². The highest BCUT2D eigenvalue weighted by Gasteiger charge is 2.13. The Kier molecular flexibility index (Phi) is 2.12. The highest BCUT2D eigenvalue weighted by Crippen LogP contribution is 2.27. The summed E-state index contributed by atoms with van der Waals surface area (Å²) in [6, 6.07) is 8.39. The summed E-state index contributed by atoms with van der Waals surface area (Å²) in [5.41, 5.74) is 2.56. The largest absolute Gasteiger partial charge is 0.0765 e. The monoisotopic (exact) mass is 234 g/mol. The summed E-state index contributed by atoms with van der Waals surface area (Å²) in [6.07, 6.45) is 8.64. The van der Waals surface area contributed by atoms with E-state index in [0.29, 0.717) is 0 Å². The van der Waals surface area contributed by atoms with Gasteiger partial charge in [0.05, 0.1) is 4.32 Å². The molecule has 0 aliphatic heterocycles. The Morgan fingerprint density at radius 2 is 1.46 bits per heavy atom. The zero-order chi connectivity index (χ0) is 9.31. The minimum atomic E-state index is -0.00792. The lowest BCUT2D eigenvalue weighted by Crippen LogP contribution is -2.04. The Bertz CT molecular complexity index is 337. The molecule has 1 aliphatic rings. The van der Waals surface area contributed by atoms with Gasteiger partial charge in [0, 0.05) is 0 Å². The highest BCUT2D eigenvalue weighted by molar-refractivity contribution is 9.10. The quantitative estimate of drug-likeness (QED) is 0.598. The number of alkyl halides is 1. The normalized spacial score (nSPS) is 18.0. The second-order valence-electron chi connectivity index (χ2n) is 3.45. The van der Waals surface area contributed by atoms with Crippen LogP contribution in [0.5, 0.6) is 0 Å². The second kappa shape index (κ2) is 3.15. The van der Waals surface area contributed by atoms with Crippen LogP contribution in [0.15, 0.2) is 36.4 Å². The SMILES string of the molecule is CC1(Br)C=Cc2ccccc2C=C1. The van der Waals surface area contributed by atoms with E-state index in [4.69, 9.17) is 0 Å². The third kappa shape index (κ3) is 1.92. The summed E-state index contributed by atoms with van der Waals surface area (Å²) in [6.45, 7) is 2.13. The molecule has 1 aromatic carbocycles. The standard InChI is InChI=1S/C12H11Br/c1-12(13)8-6-10-4-2-3-5-11(10)7-9-12/h2-9H,1H3. The van der Waals surface area contributed by atoms with Crippen LogP contribution in [0.2, 0.25) is 0 Å². The van der Waals surface area contributed by atoms with E-state index in [2.05, 4.69) is 71.4 Å². The molecule has 1 aromatic rings. The van der Waals surface area contributed by atoms with Crippen molar-refractivity contribution in [1.82, 2.24) is 0 Å². The molecule has 0 heterocycles. The maximum Gasteiger partial charge on any atom is 0.0594 e. The Balaban J connectivity index is 2.53. The molecule has 0 amide bonds. The van der Waals surface area contributed by atoms with Crippen molar-refractivity contribution in [2.24, 2.45) is 0 Å². The lowest BCUT2D eigenvalue weighted by molar-refractivity contribution is 1.05. The Morgan fingerprint density at radius 3 is 1.92 bits per heavy atom. The zero-order valence-corrected chi connectivity index (χ0v) is 9.08. The number of hydrogen-bond acceptors (Lipinski definition) is 0. The van der Waals surface area contributed by atoms with Crippen LogP contribution in [0.1, 0.15) is 18.1 Å². The molecule has 66 valence electrons. The maximum absolute atomic E-state index is 3.63. The fourth-order valence-electron chi connectivity index (χ4n) is 1.38. The molecule has 0 aromatic heterocycles. The predicted molar refractivity (Wildman–Crippen MR) is 61.8 cm³/mol. The van der Waals surface area contributed by atoms with E-state index in [1.807, 2.05) is 0 Å². The molecule has 0 radical (unpaired) electrons. The molecule has 1 heteroatoms. The fourth-order valence-corrected chi connectivity index (χ4v) is 1.64. The first kappa shape index (κ1) is 8.76. The van der Waals surface area contributed by atoms with Gasteiger partial charge in [0.25, 0.3) is 0 Å². The highest BCUT2D eigenvalue weighted by atomic mass is 79.9. The Hall–Kier alpha value is -0.820. The Morgan fingerprint density at radius 1 is 1.00 bits per heavy atom.